The summed E-state index contributed by atoms with van der Waals surface area (Å²) in [4.78, 5) is 21.6. The van der Waals surface area contributed by atoms with Crippen molar-refractivity contribution in [2.75, 3.05) is 26.4 Å². The smallest absolute Gasteiger partial charge is 0.337 e. The van der Waals surface area contributed by atoms with Gasteiger partial charge < -0.3 is 4.90 Å². The van der Waals surface area contributed by atoms with Crippen LogP contribution >= 0.6 is 11.9 Å². The van der Waals surface area contributed by atoms with Gasteiger partial charge in [-0.25, -0.2) is 0 Å². The summed E-state index contributed by atoms with van der Waals surface area (Å²) in [5, 5.41) is 0. The third kappa shape index (κ3) is 6.03. The Labute approximate surface area is 108 Å². The highest BCUT2D eigenvalue weighted by Crippen LogP contribution is 2.22. The fraction of sp³-hybridized carbons (Fsp3) is 0.750. The highest BCUT2D eigenvalue weighted by molar-refractivity contribution is 7.97. The third-order valence-electron chi connectivity index (χ3n) is 1.83. The standard InChI is InChI=1S/C8H10F6N2O2S/c1-15(5(17)7(9,10)11)3-4-19-16(2)6(18)8(12,13)14/h3-4H2,1-2H3. The van der Waals surface area contributed by atoms with E-state index < -0.39 is 30.7 Å². The lowest BCUT2D eigenvalue weighted by Gasteiger charge is -2.21. The fourth-order valence-corrected chi connectivity index (χ4v) is 1.72. The van der Waals surface area contributed by atoms with Gasteiger partial charge in [-0.1, -0.05) is 0 Å². The van der Waals surface area contributed by atoms with Crippen molar-refractivity contribution < 1.29 is 35.9 Å². The molecule has 0 saturated carbocycles. The molecule has 0 aromatic carbocycles. The molecule has 2 amide bonds. The Bertz CT molecular complexity index is 311. The van der Waals surface area contributed by atoms with Gasteiger partial charge in [-0.05, 0) is 11.9 Å². The fourth-order valence-electron chi connectivity index (χ4n) is 0.870. The minimum atomic E-state index is -5.05. The number of hydrogen-bond donors (Lipinski definition) is 0. The second kappa shape index (κ2) is 6.35. The molecule has 0 unspecified atom stereocenters. The molecule has 0 spiro atoms. The van der Waals surface area contributed by atoms with Crippen molar-refractivity contribution in [1.29, 1.82) is 0 Å². The summed E-state index contributed by atoms with van der Waals surface area (Å²) in [6.45, 7) is -0.446. The molecule has 0 saturated heterocycles. The van der Waals surface area contributed by atoms with E-state index in [0.29, 0.717) is 16.8 Å². The van der Waals surface area contributed by atoms with Gasteiger partial charge in [0.25, 0.3) is 0 Å². The molecule has 0 heterocycles. The Hall–Kier alpha value is -1.13. The largest absolute Gasteiger partial charge is 0.472 e. The molecule has 11 heteroatoms. The van der Waals surface area contributed by atoms with Gasteiger partial charge in [-0.2, -0.15) is 26.3 Å². The summed E-state index contributed by atoms with van der Waals surface area (Å²) in [6, 6.07) is 0. The molecule has 0 fully saturated rings. The summed E-state index contributed by atoms with van der Waals surface area (Å²) in [6.07, 6.45) is -10.1. The van der Waals surface area contributed by atoms with Crippen molar-refractivity contribution in [3.8, 4) is 0 Å². The summed E-state index contributed by atoms with van der Waals surface area (Å²) in [5.41, 5.74) is 0. The van der Waals surface area contributed by atoms with Crippen LogP contribution in [0, 0.1) is 0 Å². The Balaban J connectivity index is 4.18. The third-order valence-corrected chi connectivity index (χ3v) is 2.75. The molecule has 0 aromatic heterocycles. The van der Waals surface area contributed by atoms with Crippen LogP contribution in [0.15, 0.2) is 0 Å². The van der Waals surface area contributed by atoms with Crippen LogP contribution in [0.5, 0.6) is 0 Å². The van der Waals surface area contributed by atoms with Crippen LogP contribution in [0.1, 0.15) is 0 Å². The SMILES string of the molecule is CN(CCSN(C)C(=O)C(F)(F)F)C(=O)C(F)(F)F. The van der Waals surface area contributed by atoms with Gasteiger partial charge in [0, 0.05) is 26.4 Å². The van der Waals surface area contributed by atoms with E-state index in [-0.39, 0.29) is 10.1 Å². The first kappa shape index (κ1) is 17.9. The van der Waals surface area contributed by atoms with Gasteiger partial charge in [0.2, 0.25) is 0 Å². The van der Waals surface area contributed by atoms with Crippen molar-refractivity contribution >= 4 is 23.8 Å². The normalized spacial score (nSPS) is 12.2. The molecule has 112 valence electrons. The molecular formula is C8H10F6N2O2S. The van der Waals surface area contributed by atoms with Gasteiger partial charge >= 0.3 is 24.2 Å². The number of carbonyl (C=O) groups is 2. The van der Waals surface area contributed by atoms with E-state index in [9.17, 15) is 35.9 Å². The molecule has 0 N–H and O–H groups in total. The summed E-state index contributed by atoms with van der Waals surface area (Å²) in [7, 11) is 1.70. The van der Waals surface area contributed by atoms with Crippen LogP contribution in [0.3, 0.4) is 0 Å². The van der Waals surface area contributed by atoms with Crippen LogP contribution in [-0.4, -0.2) is 59.8 Å². The van der Waals surface area contributed by atoms with Gasteiger partial charge in [-0.3, -0.25) is 13.9 Å². The minimum absolute atomic E-state index is 0.256. The van der Waals surface area contributed by atoms with Crippen LogP contribution < -0.4 is 0 Å². The van der Waals surface area contributed by atoms with Crippen LogP contribution in [0.4, 0.5) is 26.3 Å². The lowest BCUT2D eigenvalue weighted by molar-refractivity contribution is -0.183. The molecule has 0 aliphatic heterocycles. The Morgan fingerprint density at radius 2 is 1.37 bits per heavy atom. The van der Waals surface area contributed by atoms with Gasteiger partial charge in [0.15, 0.2) is 0 Å². The number of halogens is 6. The lowest BCUT2D eigenvalue weighted by Crippen LogP contribution is -2.40. The van der Waals surface area contributed by atoms with E-state index in [1.165, 1.54) is 0 Å². The first-order chi connectivity index (χ1) is 8.37. The van der Waals surface area contributed by atoms with Crippen LogP contribution in [0.2, 0.25) is 0 Å². The molecule has 0 aliphatic rings. The first-order valence-electron chi connectivity index (χ1n) is 4.67. The van der Waals surface area contributed by atoms with Crippen molar-refractivity contribution in [2.24, 2.45) is 0 Å². The number of carbonyl (C=O) groups excluding carboxylic acids is 2. The molecule has 0 aliphatic carbocycles. The van der Waals surface area contributed by atoms with Crippen LogP contribution in [-0.2, 0) is 9.59 Å². The highest BCUT2D eigenvalue weighted by Gasteiger charge is 2.42. The maximum absolute atomic E-state index is 12.0. The zero-order valence-electron chi connectivity index (χ0n) is 9.80. The number of amides is 2. The zero-order valence-corrected chi connectivity index (χ0v) is 10.6. The summed E-state index contributed by atoms with van der Waals surface area (Å²) < 4.78 is 72.0. The second-order valence-electron chi connectivity index (χ2n) is 3.36. The molecular weight excluding hydrogens is 302 g/mol. The van der Waals surface area contributed by atoms with Crippen molar-refractivity contribution in [3.05, 3.63) is 0 Å². The molecule has 0 rings (SSSR count). The van der Waals surface area contributed by atoms with Crippen molar-refractivity contribution in [3.63, 3.8) is 0 Å². The first-order valence-corrected chi connectivity index (χ1v) is 5.61. The molecule has 0 aromatic rings. The molecule has 4 nitrogen and oxygen atoms in total. The van der Waals surface area contributed by atoms with Crippen LogP contribution in [0.25, 0.3) is 0 Å². The number of hydrogen-bond acceptors (Lipinski definition) is 3. The molecule has 0 atom stereocenters. The molecule has 0 radical (unpaired) electrons. The number of alkyl halides is 6. The maximum atomic E-state index is 12.0. The van der Waals surface area contributed by atoms with Gasteiger partial charge in [0.1, 0.15) is 0 Å². The summed E-state index contributed by atoms with van der Waals surface area (Å²) >= 11 is 0.370. The predicted molar refractivity (Wildman–Crippen MR) is 55.0 cm³/mol. The highest BCUT2D eigenvalue weighted by atomic mass is 32.2. The van der Waals surface area contributed by atoms with Gasteiger partial charge in [-0.15, -0.1) is 0 Å². The van der Waals surface area contributed by atoms with E-state index in [2.05, 4.69) is 0 Å². The quantitative estimate of drug-likeness (QED) is 0.586. The average Bonchev–Trinajstić information content (AvgIpc) is 2.23. The predicted octanol–water partition coefficient (Wildman–Crippen LogP) is 1.68. The van der Waals surface area contributed by atoms with E-state index in [1.807, 2.05) is 0 Å². The Morgan fingerprint density at radius 3 is 1.74 bits per heavy atom. The molecule has 0 bridgehead atoms. The Morgan fingerprint density at radius 1 is 0.947 bits per heavy atom. The van der Waals surface area contributed by atoms with Crippen molar-refractivity contribution in [2.45, 2.75) is 12.4 Å². The number of rotatable bonds is 4. The van der Waals surface area contributed by atoms with Crippen molar-refractivity contribution in [1.82, 2.24) is 9.21 Å². The average molecular weight is 312 g/mol. The van der Waals surface area contributed by atoms with E-state index in [1.54, 1.807) is 0 Å². The Kier molecular flexibility index (Phi) is 5.97. The van der Waals surface area contributed by atoms with E-state index in [4.69, 9.17) is 0 Å². The van der Waals surface area contributed by atoms with E-state index >= 15 is 0 Å². The molecule has 19 heavy (non-hydrogen) atoms. The topological polar surface area (TPSA) is 40.6 Å². The lowest BCUT2D eigenvalue weighted by atomic mass is 10.5. The zero-order chi connectivity index (χ0) is 15.4. The second-order valence-corrected chi connectivity index (χ2v) is 4.57. The minimum Gasteiger partial charge on any atom is -0.337 e. The summed E-state index contributed by atoms with van der Waals surface area (Å²) in [5.74, 6) is -4.50. The monoisotopic (exact) mass is 312 g/mol. The van der Waals surface area contributed by atoms with E-state index in [0.717, 1.165) is 14.1 Å². The number of nitrogens with zero attached hydrogens (tertiary/aromatic N) is 2. The van der Waals surface area contributed by atoms with Gasteiger partial charge in [0.05, 0.1) is 0 Å². The maximum Gasteiger partial charge on any atom is 0.472 e.